The van der Waals surface area contributed by atoms with Gasteiger partial charge in [0.05, 0.1) is 44.5 Å². The SMILES string of the molecule is N#Cc1cc(SSc2cc(C#N)c(C#N)c(C#N)c2C#N)c(C#N)c(C#N)c1C#N. The topological polar surface area (TPSA) is 190 Å². The number of hydrogen-bond donors (Lipinski definition) is 0. The molecule has 0 fully saturated rings. The molecule has 0 radical (unpaired) electrons. The van der Waals surface area contributed by atoms with Gasteiger partial charge in [-0.3, -0.25) is 0 Å². The fourth-order valence-corrected chi connectivity index (χ4v) is 4.69. The Bertz CT molecular complexity index is 1320. The monoisotopic (exact) mass is 418 g/mol. The van der Waals surface area contributed by atoms with E-state index in [-0.39, 0.29) is 54.3 Å². The van der Waals surface area contributed by atoms with E-state index in [1.807, 2.05) is 12.1 Å². The van der Waals surface area contributed by atoms with Crippen LogP contribution in [-0.4, -0.2) is 0 Å². The zero-order chi connectivity index (χ0) is 22.3. The van der Waals surface area contributed by atoms with Gasteiger partial charge in [-0.2, -0.15) is 42.1 Å². The Morgan fingerprint density at radius 1 is 0.400 bits per heavy atom. The molecular formula is C20H2N8S2. The van der Waals surface area contributed by atoms with Crippen LogP contribution in [0.3, 0.4) is 0 Å². The number of hydrogen-bond acceptors (Lipinski definition) is 10. The standard InChI is InChI=1S/C20H2N8S2/c21-3-11-1-19(17(9-27)15(7-25)13(11)5-23)29-30-20-2-12(4-22)14(6-24)16(8-26)18(20)10-28/h1-2H. The molecule has 10 heteroatoms. The van der Waals surface area contributed by atoms with Crippen LogP contribution in [0.2, 0.25) is 0 Å². The summed E-state index contributed by atoms with van der Waals surface area (Å²) in [6.45, 7) is 0. The molecule has 0 bridgehead atoms. The van der Waals surface area contributed by atoms with E-state index in [0.29, 0.717) is 0 Å². The highest BCUT2D eigenvalue weighted by Gasteiger charge is 2.22. The summed E-state index contributed by atoms with van der Waals surface area (Å²) in [5, 5.41) is 74.6. The highest BCUT2D eigenvalue weighted by atomic mass is 33.1. The molecule has 0 aliphatic carbocycles. The molecule has 0 aliphatic heterocycles. The van der Waals surface area contributed by atoms with Gasteiger partial charge in [0.15, 0.2) is 0 Å². The van der Waals surface area contributed by atoms with Gasteiger partial charge in [0.2, 0.25) is 0 Å². The van der Waals surface area contributed by atoms with Gasteiger partial charge in [0, 0.05) is 9.79 Å². The second kappa shape index (κ2) is 9.32. The highest BCUT2D eigenvalue weighted by Crippen LogP contribution is 2.43. The zero-order valence-electron chi connectivity index (χ0n) is 14.5. The molecule has 2 rings (SSSR count). The van der Waals surface area contributed by atoms with Gasteiger partial charge in [-0.15, -0.1) is 0 Å². The van der Waals surface area contributed by atoms with Crippen molar-refractivity contribution >= 4 is 21.6 Å². The van der Waals surface area contributed by atoms with Crippen molar-refractivity contribution in [2.45, 2.75) is 9.79 Å². The highest BCUT2D eigenvalue weighted by molar-refractivity contribution is 8.76. The van der Waals surface area contributed by atoms with Gasteiger partial charge in [-0.1, -0.05) is 21.6 Å². The molecule has 0 aromatic heterocycles. The van der Waals surface area contributed by atoms with Gasteiger partial charge in [0.1, 0.15) is 48.6 Å². The van der Waals surface area contributed by atoms with E-state index in [4.69, 9.17) is 0 Å². The Kier molecular flexibility index (Phi) is 6.63. The van der Waals surface area contributed by atoms with Crippen molar-refractivity contribution in [1.29, 1.82) is 42.1 Å². The Labute approximate surface area is 178 Å². The van der Waals surface area contributed by atoms with Crippen LogP contribution in [0, 0.1) is 90.6 Å². The summed E-state index contributed by atoms with van der Waals surface area (Å²) in [4.78, 5) is 0.389. The summed E-state index contributed by atoms with van der Waals surface area (Å²) in [5.41, 5.74) is -1.30. The van der Waals surface area contributed by atoms with Gasteiger partial charge in [-0.05, 0) is 12.1 Å². The van der Waals surface area contributed by atoms with Crippen LogP contribution in [-0.2, 0) is 0 Å². The van der Waals surface area contributed by atoms with Crippen molar-refractivity contribution in [3.05, 3.63) is 56.6 Å². The first-order valence-corrected chi connectivity index (χ1v) is 9.67. The molecule has 134 valence electrons. The lowest BCUT2D eigenvalue weighted by molar-refractivity contribution is 1.28. The fourth-order valence-electron chi connectivity index (χ4n) is 2.39. The first-order valence-electron chi connectivity index (χ1n) is 7.52. The maximum absolute atomic E-state index is 9.45. The smallest absolute Gasteiger partial charge is 0.102 e. The average Bonchev–Trinajstić information content (AvgIpc) is 2.79. The summed E-state index contributed by atoms with van der Waals surface area (Å²) >= 11 is 0. The molecule has 0 amide bonds. The molecule has 0 N–H and O–H groups in total. The van der Waals surface area contributed by atoms with E-state index in [1.165, 1.54) is 12.1 Å². The van der Waals surface area contributed by atoms with Crippen LogP contribution >= 0.6 is 21.6 Å². The average molecular weight is 418 g/mol. The molecule has 2 aromatic carbocycles. The predicted molar refractivity (Wildman–Crippen MR) is 102 cm³/mol. The van der Waals surface area contributed by atoms with E-state index in [1.54, 1.807) is 36.4 Å². The van der Waals surface area contributed by atoms with Crippen molar-refractivity contribution < 1.29 is 0 Å². The molecule has 0 aliphatic rings. The predicted octanol–water partition coefficient (Wildman–Crippen LogP) is 3.46. The van der Waals surface area contributed by atoms with Crippen LogP contribution in [0.5, 0.6) is 0 Å². The molecular weight excluding hydrogens is 416 g/mol. The Morgan fingerprint density at radius 2 is 0.700 bits per heavy atom. The first kappa shape index (κ1) is 21.4. The Balaban J connectivity index is 2.68. The number of nitriles is 8. The lowest BCUT2D eigenvalue weighted by atomic mass is 9.98. The molecule has 0 heterocycles. The third-order valence-corrected chi connectivity index (χ3v) is 6.13. The van der Waals surface area contributed by atoms with Crippen LogP contribution in [0.15, 0.2) is 21.9 Å². The van der Waals surface area contributed by atoms with E-state index in [9.17, 15) is 42.1 Å². The third-order valence-electron chi connectivity index (χ3n) is 3.72. The summed E-state index contributed by atoms with van der Waals surface area (Å²) in [7, 11) is 1.83. The molecule has 0 saturated carbocycles. The first-order chi connectivity index (χ1) is 14.5. The Morgan fingerprint density at radius 3 is 0.933 bits per heavy atom. The molecule has 2 aromatic rings. The molecule has 0 unspecified atom stereocenters. The van der Waals surface area contributed by atoms with Crippen LogP contribution < -0.4 is 0 Å². The number of rotatable bonds is 3. The van der Waals surface area contributed by atoms with E-state index < -0.39 is 0 Å². The summed E-state index contributed by atoms with van der Waals surface area (Å²) in [6.07, 6.45) is 0. The Hall–Kier alpha value is -4.94. The van der Waals surface area contributed by atoms with Crippen LogP contribution in [0.25, 0.3) is 0 Å². The maximum Gasteiger partial charge on any atom is 0.102 e. The van der Waals surface area contributed by atoms with Crippen molar-refractivity contribution in [2.75, 3.05) is 0 Å². The quantitative estimate of drug-likeness (QED) is 0.666. The summed E-state index contributed by atoms with van der Waals surface area (Å²) in [5.74, 6) is 0. The van der Waals surface area contributed by atoms with Gasteiger partial charge in [0.25, 0.3) is 0 Å². The zero-order valence-corrected chi connectivity index (χ0v) is 16.2. The van der Waals surface area contributed by atoms with Crippen LogP contribution in [0.4, 0.5) is 0 Å². The second-order valence-corrected chi connectivity index (χ2v) is 7.37. The second-order valence-electron chi connectivity index (χ2n) is 5.16. The van der Waals surface area contributed by atoms with Crippen molar-refractivity contribution in [3.63, 3.8) is 0 Å². The molecule has 0 saturated heterocycles. The maximum atomic E-state index is 9.45. The third kappa shape index (κ3) is 3.57. The van der Waals surface area contributed by atoms with E-state index >= 15 is 0 Å². The number of nitrogens with zero attached hydrogens (tertiary/aromatic N) is 8. The van der Waals surface area contributed by atoms with Gasteiger partial charge < -0.3 is 0 Å². The molecule has 0 spiro atoms. The van der Waals surface area contributed by atoms with Crippen molar-refractivity contribution in [1.82, 2.24) is 0 Å². The summed E-state index contributed by atoms with van der Waals surface area (Å²) < 4.78 is 0. The minimum atomic E-state index is -0.238. The lowest BCUT2D eigenvalue weighted by Crippen LogP contribution is -1.98. The van der Waals surface area contributed by atoms with E-state index in [2.05, 4.69) is 0 Å². The molecule has 30 heavy (non-hydrogen) atoms. The van der Waals surface area contributed by atoms with Crippen LogP contribution in [0.1, 0.15) is 44.5 Å². The van der Waals surface area contributed by atoms with Gasteiger partial charge >= 0.3 is 0 Å². The normalized spacial score (nSPS) is 8.67. The number of benzene rings is 2. The fraction of sp³-hybridized carbons (Fsp3) is 0. The van der Waals surface area contributed by atoms with Gasteiger partial charge in [-0.25, -0.2) is 0 Å². The molecule has 0 atom stereocenters. The minimum absolute atomic E-state index is 0.0908. The molecule has 8 nitrogen and oxygen atoms in total. The van der Waals surface area contributed by atoms with Crippen molar-refractivity contribution in [2.24, 2.45) is 0 Å². The summed E-state index contributed by atoms with van der Waals surface area (Å²) in [6, 6.07) is 16.9. The largest absolute Gasteiger partial charge is 0.192 e. The minimum Gasteiger partial charge on any atom is -0.192 e. The lowest BCUT2D eigenvalue weighted by Gasteiger charge is -2.10. The van der Waals surface area contributed by atoms with Crippen molar-refractivity contribution in [3.8, 4) is 48.6 Å². The van der Waals surface area contributed by atoms with E-state index in [0.717, 1.165) is 21.6 Å².